The summed E-state index contributed by atoms with van der Waals surface area (Å²) >= 11 is 5.37. The molecule has 0 aromatic heterocycles. The molecule has 0 unspecified atom stereocenters. The lowest BCUT2D eigenvalue weighted by atomic mass is 10.1. The maximum absolute atomic E-state index is 13.5. The average molecular weight is 280 g/mol. The molecule has 0 saturated carbocycles. The van der Waals surface area contributed by atoms with Gasteiger partial charge < -0.3 is 15.1 Å². The Kier molecular flexibility index (Phi) is 5.46. The van der Waals surface area contributed by atoms with Crippen molar-refractivity contribution in [2.24, 2.45) is 0 Å². The Morgan fingerprint density at radius 1 is 1.17 bits per heavy atom. The van der Waals surface area contributed by atoms with Gasteiger partial charge in [-0.3, -0.25) is 4.79 Å². The van der Waals surface area contributed by atoms with E-state index in [4.69, 9.17) is 21.8 Å². The molecule has 0 spiro atoms. The average Bonchev–Trinajstić information content (AvgIpc) is 2.33. The second-order valence-corrected chi connectivity index (χ2v) is 3.89. The van der Waals surface area contributed by atoms with Crippen LogP contribution in [0.4, 0.5) is 8.78 Å². The zero-order valence-electron chi connectivity index (χ0n) is 9.37. The van der Waals surface area contributed by atoms with Crippen LogP contribution in [0.2, 0.25) is 5.02 Å². The van der Waals surface area contributed by atoms with Crippen LogP contribution in [0.25, 0.3) is 0 Å². The molecule has 1 aromatic carbocycles. The molecule has 0 radical (unpaired) electrons. The summed E-state index contributed by atoms with van der Waals surface area (Å²) in [6.45, 7) is -0.848. The smallest absolute Gasteiger partial charge is 0.257 e. The largest absolute Gasteiger partial charge is 0.395 e. The molecule has 1 amide bonds. The lowest BCUT2D eigenvalue weighted by molar-refractivity contribution is 0.0679. The molecule has 7 heteroatoms. The second kappa shape index (κ2) is 6.63. The predicted octanol–water partition coefficient (Wildman–Crippen LogP) is 1.04. The predicted molar refractivity (Wildman–Crippen MR) is 61.4 cm³/mol. The number of carbonyl (C=O) groups excluding carboxylic acids is 1. The van der Waals surface area contributed by atoms with E-state index in [9.17, 15) is 13.6 Å². The molecule has 18 heavy (non-hydrogen) atoms. The summed E-state index contributed by atoms with van der Waals surface area (Å²) in [5, 5.41) is 17.1. The summed E-state index contributed by atoms with van der Waals surface area (Å²) in [4.78, 5) is 12.9. The molecule has 0 aliphatic heterocycles. The van der Waals surface area contributed by atoms with Gasteiger partial charge in [0.15, 0.2) is 0 Å². The van der Waals surface area contributed by atoms with Gasteiger partial charge in [0.05, 0.1) is 23.8 Å². The van der Waals surface area contributed by atoms with Crippen molar-refractivity contribution in [3.05, 3.63) is 34.4 Å². The van der Waals surface area contributed by atoms with Crippen molar-refractivity contribution in [1.82, 2.24) is 4.90 Å². The molecular weight excluding hydrogens is 268 g/mol. The topological polar surface area (TPSA) is 60.8 Å². The van der Waals surface area contributed by atoms with E-state index in [1.165, 1.54) is 0 Å². The van der Waals surface area contributed by atoms with Crippen LogP contribution in [0.3, 0.4) is 0 Å². The highest BCUT2D eigenvalue weighted by Crippen LogP contribution is 2.20. The van der Waals surface area contributed by atoms with Gasteiger partial charge in [-0.2, -0.15) is 0 Å². The normalized spacial score (nSPS) is 10.5. The molecule has 0 bridgehead atoms. The fourth-order valence-corrected chi connectivity index (χ4v) is 1.56. The summed E-state index contributed by atoms with van der Waals surface area (Å²) in [5.74, 6) is -2.67. The van der Waals surface area contributed by atoms with Crippen LogP contribution < -0.4 is 0 Å². The third kappa shape index (κ3) is 3.38. The number of carbonyl (C=O) groups is 1. The van der Waals surface area contributed by atoms with Crippen molar-refractivity contribution in [3.63, 3.8) is 0 Å². The molecule has 0 fully saturated rings. The number of benzene rings is 1. The van der Waals surface area contributed by atoms with Crippen LogP contribution in [0.1, 0.15) is 10.4 Å². The molecule has 0 heterocycles. The minimum atomic E-state index is -0.952. The number of amides is 1. The number of aliphatic hydroxyl groups is 2. The van der Waals surface area contributed by atoms with Crippen molar-refractivity contribution in [1.29, 1.82) is 0 Å². The maximum Gasteiger partial charge on any atom is 0.257 e. The first-order chi connectivity index (χ1) is 8.51. The van der Waals surface area contributed by atoms with Crippen LogP contribution >= 0.6 is 11.6 Å². The number of nitrogens with zero attached hydrogens (tertiary/aromatic N) is 1. The minimum Gasteiger partial charge on any atom is -0.395 e. The van der Waals surface area contributed by atoms with Crippen molar-refractivity contribution in [2.45, 2.75) is 0 Å². The third-order valence-corrected chi connectivity index (χ3v) is 2.56. The van der Waals surface area contributed by atoms with Gasteiger partial charge in [0, 0.05) is 13.1 Å². The first-order valence-corrected chi connectivity index (χ1v) is 5.54. The lowest BCUT2D eigenvalue weighted by Gasteiger charge is -2.21. The quantitative estimate of drug-likeness (QED) is 0.792. The van der Waals surface area contributed by atoms with E-state index in [2.05, 4.69) is 0 Å². The van der Waals surface area contributed by atoms with Gasteiger partial charge in [-0.15, -0.1) is 0 Å². The molecule has 0 atom stereocenters. The standard InChI is InChI=1S/C11H12ClF2NO3/c12-8-6-9(13)7(5-10(8)14)11(18)15(1-3-16)2-4-17/h5-6,16-17H,1-4H2. The van der Waals surface area contributed by atoms with E-state index in [-0.39, 0.29) is 26.3 Å². The highest BCUT2D eigenvalue weighted by molar-refractivity contribution is 6.30. The fraction of sp³-hybridized carbons (Fsp3) is 0.364. The lowest BCUT2D eigenvalue weighted by Crippen LogP contribution is -2.36. The van der Waals surface area contributed by atoms with E-state index in [1.807, 2.05) is 0 Å². The van der Waals surface area contributed by atoms with Crippen molar-refractivity contribution < 1.29 is 23.8 Å². The molecule has 0 aliphatic carbocycles. The van der Waals surface area contributed by atoms with Crippen molar-refractivity contribution in [2.75, 3.05) is 26.3 Å². The zero-order valence-corrected chi connectivity index (χ0v) is 10.1. The van der Waals surface area contributed by atoms with Crippen LogP contribution in [0, 0.1) is 11.6 Å². The number of halogens is 3. The first-order valence-electron chi connectivity index (χ1n) is 5.16. The van der Waals surface area contributed by atoms with Crippen LogP contribution in [-0.2, 0) is 0 Å². The van der Waals surface area contributed by atoms with E-state index >= 15 is 0 Å². The van der Waals surface area contributed by atoms with Crippen LogP contribution in [0.15, 0.2) is 12.1 Å². The van der Waals surface area contributed by atoms with Crippen molar-refractivity contribution >= 4 is 17.5 Å². The monoisotopic (exact) mass is 279 g/mol. The van der Waals surface area contributed by atoms with Gasteiger partial charge >= 0.3 is 0 Å². The van der Waals surface area contributed by atoms with Gasteiger partial charge in [-0.25, -0.2) is 8.78 Å². The Labute approximate surface area is 107 Å². The zero-order chi connectivity index (χ0) is 13.7. The molecular formula is C11H12ClF2NO3. The Morgan fingerprint density at radius 2 is 1.72 bits per heavy atom. The molecule has 4 nitrogen and oxygen atoms in total. The Morgan fingerprint density at radius 3 is 2.22 bits per heavy atom. The summed E-state index contributed by atoms with van der Waals surface area (Å²) in [5.41, 5.74) is -0.487. The summed E-state index contributed by atoms with van der Waals surface area (Å²) < 4.78 is 26.7. The maximum atomic E-state index is 13.5. The SMILES string of the molecule is O=C(c1cc(F)c(Cl)cc1F)N(CCO)CCO. The molecule has 2 N–H and O–H groups in total. The molecule has 100 valence electrons. The number of hydrogen-bond donors (Lipinski definition) is 2. The minimum absolute atomic E-state index is 0.0803. The summed E-state index contributed by atoms with van der Waals surface area (Å²) in [6, 6.07) is 1.40. The first kappa shape index (κ1) is 14.8. The Hall–Kier alpha value is -1.24. The Bertz CT molecular complexity index is 437. The van der Waals surface area contributed by atoms with E-state index < -0.39 is 28.1 Å². The van der Waals surface area contributed by atoms with E-state index in [0.29, 0.717) is 12.1 Å². The highest BCUT2D eigenvalue weighted by Gasteiger charge is 2.20. The highest BCUT2D eigenvalue weighted by atomic mass is 35.5. The molecule has 1 rings (SSSR count). The number of aliphatic hydroxyl groups excluding tert-OH is 2. The Balaban J connectivity index is 3.04. The second-order valence-electron chi connectivity index (χ2n) is 3.49. The van der Waals surface area contributed by atoms with Gasteiger partial charge in [0.1, 0.15) is 11.6 Å². The van der Waals surface area contributed by atoms with E-state index in [0.717, 1.165) is 4.90 Å². The summed E-state index contributed by atoms with van der Waals surface area (Å²) in [7, 11) is 0. The van der Waals surface area contributed by atoms with Gasteiger partial charge in [-0.1, -0.05) is 11.6 Å². The van der Waals surface area contributed by atoms with E-state index in [1.54, 1.807) is 0 Å². The number of rotatable bonds is 5. The van der Waals surface area contributed by atoms with Gasteiger partial charge in [-0.05, 0) is 12.1 Å². The fourth-order valence-electron chi connectivity index (χ4n) is 1.41. The van der Waals surface area contributed by atoms with Crippen molar-refractivity contribution in [3.8, 4) is 0 Å². The van der Waals surface area contributed by atoms with Gasteiger partial charge in [0.25, 0.3) is 5.91 Å². The molecule has 0 aliphatic rings. The molecule has 0 saturated heterocycles. The summed E-state index contributed by atoms with van der Waals surface area (Å²) in [6.07, 6.45) is 0. The molecule has 1 aromatic rings. The third-order valence-electron chi connectivity index (χ3n) is 2.27. The van der Waals surface area contributed by atoms with Gasteiger partial charge in [0.2, 0.25) is 0 Å². The van der Waals surface area contributed by atoms with Crippen LogP contribution in [0.5, 0.6) is 0 Å². The van der Waals surface area contributed by atoms with Crippen LogP contribution in [-0.4, -0.2) is 47.3 Å². The number of hydrogen-bond acceptors (Lipinski definition) is 3.